The van der Waals surface area contributed by atoms with Gasteiger partial charge in [0.05, 0.1) is 11.1 Å². The number of aliphatic hydroxyl groups is 1. The number of ether oxygens (including phenoxy) is 1. The summed E-state index contributed by atoms with van der Waals surface area (Å²) in [5.41, 5.74) is -1.69. The van der Waals surface area contributed by atoms with Gasteiger partial charge < -0.3 is 9.84 Å². The molecule has 0 aromatic heterocycles. The maximum Gasteiger partial charge on any atom is 0.191 e. The molecule has 0 amide bonds. The third-order valence-corrected chi connectivity index (χ3v) is 4.27. The van der Waals surface area contributed by atoms with Gasteiger partial charge in [0.15, 0.2) is 17.4 Å². The summed E-state index contributed by atoms with van der Waals surface area (Å²) in [6.07, 6.45) is -2.09. The quantitative estimate of drug-likeness (QED) is 0.547. The van der Waals surface area contributed by atoms with Crippen LogP contribution in [0.4, 0.5) is 17.6 Å². The van der Waals surface area contributed by atoms with Gasteiger partial charge in [-0.15, -0.1) is 0 Å². The van der Waals surface area contributed by atoms with Gasteiger partial charge >= 0.3 is 0 Å². The van der Waals surface area contributed by atoms with Crippen LogP contribution in [0.25, 0.3) is 0 Å². The van der Waals surface area contributed by atoms with Crippen molar-refractivity contribution in [3.8, 4) is 5.75 Å². The van der Waals surface area contributed by atoms with Crippen LogP contribution in [0.5, 0.6) is 5.75 Å². The molecule has 2 aromatic carbocycles. The monoisotopic (exact) mass is 406 g/mol. The van der Waals surface area contributed by atoms with Crippen LogP contribution in [0.15, 0.2) is 40.9 Å². The molecule has 0 fully saturated rings. The summed E-state index contributed by atoms with van der Waals surface area (Å²) in [5.74, 6) is -2.95. The second-order valence-electron chi connectivity index (χ2n) is 5.43. The summed E-state index contributed by atoms with van der Waals surface area (Å²) in [7, 11) is 0. The lowest BCUT2D eigenvalue weighted by Gasteiger charge is -2.28. The molecule has 0 bridgehead atoms. The first-order valence-corrected chi connectivity index (χ1v) is 7.91. The first-order valence-electron chi connectivity index (χ1n) is 7.12. The highest BCUT2D eigenvalue weighted by molar-refractivity contribution is 9.10. The minimum atomic E-state index is -1.88. The molecular weight excluding hydrogens is 392 g/mol. The number of hydrogen-bond acceptors (Lipinski definition) is 2. The number of halogens is 5. The van der Waals surface area contributed by atoms with Crippen LogP contribution >= 0.6 is 15.9 Å². The van der Waals surface area contributed by atoms with Crippen molar-refractivity contribution in [2.75, 3.05) is 6.61 Å². The third kappa shape index (κ3) is 4.08. The van der Waals surface area contributed by atoms with Crippen LogP contribution in [0.3, 0.4) is 0 Å². The Balaban J connectivity index is 2.01. The largest absolute Gasteiger partial charge is 0.487 e. The fourth-order valence-electron chi connectivity index (χ4n) is 2.15. The van der Waals surface area contributed by atoms with Gasteiger partial charge in [-0.3, -0.25) is 0 Å². The molecule has 0 saturated heterocycles. The zero-order valence-electron chi connectivity index (χ0n) is 12.7. The third-order valence-electron chi connectivity index (χ3n) is 3.66. The molecule has 0 aliphatic carbocycles. The van der Waals surface area contributed by atoms with E-state index in [2.05, 4.69) is 15.9 Å². The summed E-state index contributed by atoms with van der Waals surface area (Å²) in [6.45, 7) is 0.897. The van der Waals surface area contributed by atoms with Gasteiger partial charge in [-0.1, -0.05) is 12.1 Å². The normalized spacial score (nSPS) is 15.0. The number of benzene rings is 2. The van der Waals surface area contributed by atoms with E-state index in [9.17, 15) is 22.7 Å². The van der Waals surface area contributed by atoms with E-state index in [0.717, 1.165) is 18.2 Å². The van der Waals surface area contributed by atoms with E-state index in [4.69, 9.17) is 4.74 Å². The van der Waals surface area contributed by atoms with Crippen LogP contribution in [0.1, 0.15) is 18.9 Å². The summed E-state index contributed by atoms with van der Waals surface area (Å²) >= 11 is 2.90. The molecule has 1 N–H and O–H groups in total. The maximum atomic E-state index is 14.3. The van der Waals surface area contributed by atoms with E-state index >= 15 is 0 Å². The Morgan fingerprint density at radius 1 is 1.12 bits per heavy atom. The molecule has 0 radical (unpaired) electrons. The summed E-state index contributed by atoms with van der Waals surface area (Å²) in [4.78, 5) is 0. The molecule has 130 valence electrons. The minimum absolute atomic E-state index is 0.0222. The van der Waals surface area contributed by atoms with E-state index in [-0.39, 0.29) is 23.1 Å². The first kappa shape index (κ1) is 18.7. The highest BCUT2D eigenvalue weighted by Gasteiger charge is 2.34. The molecule has 2 aromatic rings. The van der Waals surface area contributed by atoms with Crippen molar-refractivity contribution in [1.82, 2.24) is 0 Å². The van der Waals surface area contributed by atoms with Gasteiger partial charge in [0, 0.05) is 6.42 Å². The SMILES string of the molecule is CC(O)(c1ccc(F)cc1)C(F)CCOc1c(F)ccc(Br)c1F. The van der Waals surface area contributed by atoms with Crippen molar-refractivity contribution < 1.29 is 27.4 Å². The lowest BCUT2D eigenvalue weighted by atomic mass is 9.89. The highest BCUT2D eigenvalue weighted by Crippen LogP contribution is 2.31. The second kappa shape index (κ2) is 7.53. The topological polar surface area (TPSA) is 29.5 Å². The summed E-state index contributed by atoms with van der Waals surface area (Å²) in [6, 6.07) is 6.98. The minimum Gasteiger partial charge on any atom is -0.487 e. The van der Waals surface area contributed by atoms with Crippen LogP contribution in [0, 0.1) is 17.5 Å². The molecule has 0 aliphatic heterocycles. The molecule has 2 unspecified atom stereocenters. The molecule has 7 heteroatoms. The maximum absolute atomic E-state index is 14.3. The van der Waals surface area contributed by atoms with E-state index < -0.39 is 35.0 Å². The van der Waals surface area contributed by atoms with Crippen molar-refractivity contribution in [1.29, 1.82) is 0 Å². The first-order chi connectivity index (χ1) is 11.2. The van der Waals surface area contributed by atoms with Crippen LogP contribution in [-0.4, -0.2) is 17.9 Å². The predicted molar refractivity (Wildman–Crippen MR) is 85.0 cm³/mol. The number of rotatable bonds is 6. The van der Waals surface area contributed by atoms with Crippen LogP contribution < -0.4 is 4.74 Å². The Bertz CT molecular complexity index is 704. The molecule has 0 saturated carbocycles. The molecule has 0 heterocycles. The molecule has 2 atom stereocenters. The van der Waals surface area contributed by atoms with Gasteiger partial charge in [0.1, 0.15) is 17.6 Å². The fourth-order valence-corrected chi connectivity index (χ4v) is 2.47. The molecule has 24 heavy (non-hydrogen) atoms. The Kier molecular flexibility index (Phi) is 5.87. The van der Waals surface area contributed by atoms with E-state index in [1.165, 1.54) is 25.1 Å². The lowest BCUT2D eigenvalue weighted by Crippen LogP contribution is -2.34. The van der Waals surface area contributed by atoms with Crippen LogP contribution in [-0.2, 0) is 5.60 Å². The van der Waals surface area contributed by atoms with Crippen molar-refractivity contribution >= 4 is 15.9 Å². The van der Waals surface area contributed by atoms with E-state index in [1.807, 2.05) is 0 Å². The van der Waals surface area contributed by atoms with Gasteiger partial charge in [0.25, 0.3) is 0 Å². The Morgan fingerprint density at radius 3 is 2.38 bits per heavy atom. The summed E-state index contributed by atoms with van der Waals surface area (Å²) in [5, 5.41) is 10.3. The standard InChI is InChI=1S/C17H15BrF4O2/c1-17(23,10-2-4-11(19)5-3-10)14(21)8-9-24-16-13(20)7-6-12(18)15(16)22/h2-7,14,23H,8-9H2,1H3. The van der Waals surface area contributed by atoms with Crippen molar-refractivity contribution in [3.05, 3.63) is 63.9 Å². The van der Waals surface area contributed by atoms with E-state index in [0.29, 0.717) is 0 Å². The zero-order chi connectivity index (χ0) is 17.9. The molecular formula is C17H15BrF4O2. The Hall–Kier alpha value is -1.60. The fraction of sp³-hybridized carbons (Fsp3) is 0.294. The summed E-state index contributed by atoms with van der Waals surface area (Å²) < 4.78 is 59.5. The van der Waals surface area contributed by atoms with Crippen LogP contribution in [0.2, 0.25) is 0 Å². The smallest absolute Gasteiger partial charge is 0.191 e. The van der Waals surface area contributed by atoms with Gasteiger partial charge in [-0.2, -0.15) is 0 Å². The second-order valence-corrected chi connectivity index (χ2v) is 6.29. The van der Waals surface area contributed by atoms with Crippen molar-refractivity contribution in [2.45, 2.75) is 25.1 Å². The molecule has 0 aliphatic rings. The molecule has 2 rings (SSSR count). The van der Waals surface area contributed by atoms with Crippen molar-refractivity contribution in [3.63, 3.8) is 0 Å². The average Bonchev–Trinajstić information content (AvgIpc) is 2.54. The zero-order valence-corrected chi connectivity index (χ0v) is 14.3. The molecule has 0 spiro atoms. The average molecular weight is 407 g/mol. The lowest BCUT2D eigenvalue weighted by molar-refractivity contribution is -0.0325. The Morgan fingerprint density at radius 2 is 1.75 bits per heavy atom. The Labute approximate surface area is 145 Å². The highest BCUT2D eigenvalue weighted by atomic mass is 79.9. The van der Waals surface area contributed by atoms with E-state index in [1.54, 1.807) is 0 Å². The van der Waals surface area contributed by atoms with Gasteiger partial charge in [-0.05, 0) is 52.7 Å². The predicted octanol–water partition coefficient (Wildman–Crippen LogP) is 4.88. The van der Waals surface area contributed by atoms with Gasteiger partial charge in [0.2, 0.25) is 0 Å². The van der Waals surface area contributed by atoms with Crippen molar-refractivity contribution in [2.24, 2.45) is 0 Å². The number of hydrogen-bond donors (Lipinski definition) is 1. The number of alkyl halides is 1. The molecule has 2 nitrogen and oxygen atoms in total. The van der Waals surface area contributed by atoms with Gasteiger partial charge in [-0.25, -0.2) is 17.6 Å².